The second-order valence-corrected chi connectivity index (χ2v) is 7.71. The monoisotopic (exact) mass is 418 g/mol. The zero-order valence-corrected chi connectivity index (χ0v) is 17.9. The topological polar surface area (TPSA) is 75.6 Å². The Hall–Kier alpha value is -3.48. The number of aromatic nitrogens is 2. The van der Waals surface area contributed by atoms with Crippen molar-refractivity contribution in [3.8, 4) is 5.75 Å². The lowest BCUT2D eigenvalue weighted by atomic mass is 10.0. The van der Waals surface area contributed by atoms with Crippen molar-refractivity contribution >= 4 is 28.5 Å². The lowest BCUT2D eigenvalue weighted by Gasteiger charge is -2.35. The number of hydrogen-bond donors (Lipinski definition) is 0. The maximum absolute atomic E-state index is 12.7. The van der Waals surface area contributed by atoms with Crippen LogP contribution < -0.4 is 9.64 Å². The summed E-state index contributed by atoms with van der Waals surface area (Å²) in [5.74, 6) is 1.31. The van der Waals surface area contributed by atoms with E-state index >= 15 is 0 Å². The van der Waals surface area contributed by atoms with Crippen LogP contribution in [0, 0.1) is 6.92 Å². The van der Waals surface area contributed by atoms with Gasteiger partial charge < -0.3 is 14.5 Å². The standard InChI is InChI=1S/C24H26N4O3/c1-17-7-9-22(31-2)18(15-17)21(29)8-10-24(30)28-13-11-27(12-14-28)23-16-25-19-5-3-4-6-20(19)26-23/h3-7,9,15-16H,8,10-14H2,1-2H3. The smallest absolute Gasteiger partial charge is 0.223 e. The third-order valence-electron chi connectivity index (χ3n) is 5.61. The van der Waals surface area contributed by atoms with E-state index < -0.39 is 0 Å². The molecule has 1 aliphatic rings. The van der Waals surface area contributed by atoms with E-state index in [4.69, 9.17) is 4.74 Å². The number of amides is 1. The summed E-state index contributed by atoms with van der Waals surface area (Å²) < 4.78 is 5.29. The molecule has 1 aromatic heterocycles. The molecule has 1 fully saturated rings. The van der Waals surface area contributed by atoms with E-state index in [2.05, 4.69) is 14.9 Å². The molecular formula is C24H26N4O3. The average Bonchev–Trinajstić information content (AvgIpc) is 2.82. The van der Waals surface area contributed by atoms with Crippen LogP contribution >= 0.6 is 0 Å². The normalized spacial score (nSPS) is 14.0. The highest BCUT2D eigenvalue weighted by Crippen LogP contribution is 2.22. The molecule has 1 aliphatic heterocycles. The molecule has 160 valence electrons. The first-order chi connectivity index (χ1) is 15.0. The quantitative estimate of drug-likeness (QED) is 0.572. The van der Waals surface area contributed by atoms with Gasteiger partial charge in [-0.15, -0.1) is 0 Å². The van der Waals surface area contributed by atoms with Crippen LogP contribution in [0.25, 0.3) is 11.0 Å². The van der Waals surface area contributed by atoms with E-state index in [9.17, 15) is 9.59 Å². The number of piperazine rings is 1. The SMILES string of the molecule is COc1ccc(C)cc1C(=O)CCC(=O)N1CCN(c2cnc3ccccc3n2)CC1. The van der Waals surface area contributed by atoms with Crippen molar-refractivity contribution in [2.45, 2.75) is 19.8 Å². The van der Waals surface area contributed by atoms with Crippen molar-refractivity contribution in [3.05, 3.63) is 59.8 Å². The van der Waals surface area contributed by atoms with Gasteiger partial charge in [0.05, 0.1) is 29.9 Å². The number of hydrogen-bond acceptors (Lipinski definition) is 6. The van der Waals surface area contributed by atoms with Gasteiger partial charge in [-0.05, 0) is 31.2 Å². The Morgan fingerprint density at radius 1 is 1.00 bits per heavy atom. The van der Waals surface area contributed by atoms with Crippen molar-refractivity contribution in [2.75, 3.05) is 38.2 Å². The number of fused-ring (bicyclic) bond motifs is 1. The minimum Gasteiger partial charge on any atom is -0.496 e. The van der Waals surface area contributed by atoms with Gasteiger partial charge in [-0.25, -0.2) is 4.98 Å². The van der Waals surface area contributed by atoms with Crippen LogP contribution in [-0.2, 0) is 4.79 Å². The largest absolute Gasteiger partial charge is 0.496 e. The van der Waals surface area contributed by atoms with Crippen molar-refractivity contribution in [2.24, 2.45) is 0 Å². The van der Waals surface area contributed by atoms with Crippen LogP contribution in [-0.4, -0.2) is 59.8 Å². The van der Waals surface area contributed by atoms with E-state index in [0.29, 0.717) is 37.5 Å². The number of rotatable bonds is 6. The van der Waals surface area contributed by atoms with Gasteiger partial charge in [0.15, 0.2) is 5.78 Å². The molecule has 1 amide bonds. The Kier molecular flexibility index (Phi) is 6.11. The zero-order chi connectivity index (χ0) is 21.8. The van der Waals surface area contributed by atoms with E-state index in [1.165, 1.54) is 0 Å². The fourth-order valence-electron chi connectivity index (χ4n) is 3.84. The lowest BCUT2D eigenvalue weighted by molar-refractivity contribution is -0.131. The maximum Gasteiger partial charge on any atom is 0.223 e. The van der Waals surface area contributed by atoms with Crippen molar-refractivity contribution < 1.29 is 14.3 Å². The number of nitrogens with zero attached hydrogens (tertiary/aromatic N) is 4. The third kappa shape index (κ3) is 4.66. The summed E-state index contributed by atoms with van der Waals surface area (Å²) in [7, 11) is 1.55. The molecule has 0 aliphatic carbocycles. The van der Waals surface area contributed by atoms with E-state index in [1.54, 1.807) is 19.4 Å². The number of carbonyl (C=O) groups is 2. The summed E-state index contributed by atoms with van der Waals surface area (Å²) in [6.45, 7) is 4.53. The second-order valence-electron chi connectivity index (χ2n) is 7.71. The van der Waals surface area contributed by atoms with Gasteiger partial charge in [-0.2, -0.15) is 0 Å². The number of ether oxygens (including phenoxy) is 1. The van der Waals surface area contributed by atoms with Gasteiger partial charge in [0, 0.05) is 39.0 Å². The summed E-state index contributed by atoms with van der Waals surface area (Å²) >= 11 is 0. The summed E-state index contributed by atoms with van der Waals surface area (Å²) in [6, 6.07) is 13.3. The molecule has 31 heavy (non-hydrogen) atoms. The molecule has 2 heterocycles. The Bertz CT molecular complexity index is 1110. The highest BCUT2D eigenvalue weighted by molar-refractivity contribution is 6.00. The number of ketones is 1. The molecule has 4 rings (SSSR count). The molecule has 0 saturated carbocycles. The Morgan fingerprint density at radius 2 is 1.74 bits per heavy atom. The zero-order valence-electron chi connectivity index (χ0n) is 17.9. The number of carbonyl (C=O) groups excluding carboxylic acids is 2. The number of benzene rings is 2. The molecule has 0 unspecified atom stereocenters. The fourth-order valence-corrected chi connectivity index (χ4v) is 3.84. The molecule has 7 heteroatoms. The first-order valence-electron chi connectivity index (χ1n) is 10.5. The van der Waals surface area contributed by atoms with Crippen molar-refractivity contribution in [1.82, 2.24) is 14.9 Å². The first-order valence-corrected chi connectivity index (χ1v) is 10.5. The Labute approximate surface area is 181 Å². The summed E-state index contributed by atoms with van der Waals surface area (Å²) in [4.78, 5) is 38.4. The van der Waals surface area contributed by atoms with Crippen LogP contribution in [0.3, 0.4) is 0 Å². The van der Waals surface area contributed by atoms with Crippen LogP contribution in [0.4, 0.5) is 5.82 Å². The number of methoxy groups -OCH3 is 1. The molecule has 3 aromatic rings. The minimum atomic E-state index is -0.0704. The van der Waals surface area contributed by atoms with Gasteiger partial charge in [0.2, 0.25) is 5.91 Å². The molecule has 0 spiro atoms. The highest BCUT2D eigenvalue weighted by atomic mass is 16.5. The first kappa shape index (κ1) is 20.8. The van der Waals surface area contributed by atoms with Gasteiger partial charge in [0.25, 0.3) is 0 Å². The maximum atomic E-state index is 12.7. The second kappa shape index (κ2) is 9.12. The highest BCUT2D eigenvalue weighted by Gasteiger charge is 2.23. The summed E-state index contributed by atoms with van der Waals surface area (Å²) in [6.07, 6.45) is 2.16. The predicted molar refractivity (Wildman–Crippen MR) is 120 cm³/mol. The van der Waals surface area contributed by atoms with Crippen molar-refractivity contribution in [3.63, 3.8) is 0 Å². The molecule has 0 N–H and O–H groups in total. The van der Waals surface area contributed by atoms with E-state index in [0.717, 1.165) is 22.4 Å². The van der Waals surface area contributed by atoms with Gasteiger partial charge in [-0.3, -0.25) is 14.6 Å². The number of para-hydroxylation sites is 2. The van der Waals surface area contributed by atoms with Crippen LogP contribution in [0.1, 0.15) is 28.8 Å². The Balaban J connectivity index is 1.32. The van der Waals surface area contributed by atoms with Crippen molar-refractivity contribution in [1.29, 1.82) is 0 Å². The molecule has 0 atom stereocenters. The van der Waals surface area contributed by atoms with Crippen LogP contribution in [0.5, 0.6) is 5.75 Å². The predicted octanol–water partition coefficient (Wildman–Crippen LogP) is 3.26. The third-order valence-corrected chi connectivity index (χ3v) is 5.61. The number of anilines is 1. The number of aryl methyl sites for hydroxylation is 1. The van der Waals surface area contributed by atoms with E-state index in [-0.39, 0.29) is 24.5 Å². The molecule has 0 radical (unpaired) electrons. The van der Waals surface area contributed by atoms with Gasteiger partial charge in [0.1, 0.15) is 11.6 Å². The average molecular weight is 418 g/mol. The van der Waals surface area contributed by atoms with Gasteiger partial charge in [-0.1, -0.05) is 23.8 Å². The summed E-state index contributed by atoms with van der Waals surface area (Å²) in [5.41, 5.74) is 3.26. The molecule has 0 bridgehead atoms. The fraction of sp³-hybridized carbons (Fsp3) is 0.333. The summed E-state index contributed by atoms with van der Waals surface area (Å²) in [5, 5.41) is 0. The number of Topliss-reactive ketones (excluding diaryl/α,β-unsaturated/α-hetero) is 1. The molecule has 7 nitrogen and oxygen atoms in total. The Morgan fingerprint density at radius 3 is 2.48 bits per heavy atom. The van der Waals surface area contributed by atoms with Crippen LogP contribution in [0.15, 0.2) is 48.7 Å². The van der Waals surface area contributed by atoms with Gasteiger partial charge >= 0.3 is 0 Å². The van der Waals surface area contributed by atoms with E-state index in [1.807, 2.05) is 48.2 Å². The lowest BCUT2D eigenvalue weighted by Crippen LogP contribution is -2.49. The molecular weight excluding hydrogens is 392 g/mol. The molecule has 2 aromatic carbocycles. The van der Waals surface area contributed by atoms with Crippen LogP contribution in [0.2, 0.25) is 0 Å². The molecule has 1 saturated heterocycles. The minimum absolute atomic E-state index is 0.00390.